The largest absolute Gasteiger partial charge is 0.466 e. The van der Waals surface area contributed by atoms with Crippen LogP contribution in [0.25, 0.3) is 0 Å². The van der Waals surface area contributed by atoms with Crippen molar-refractivity contribution in [1.82, 2.24) is 0 Å². The van der Waals surface area contributed by atoms with Gasteiger partial charge in [0.1, 0.15) is 0 Å². The Kier molecular flexibility index (Phi) is 5.99. The lowest BCUT2D eigenvalue weighted by Crippen LogP contribution is -2.29. The quantitative estimate of drug-likeness (QED) is 0.710. The maximum atomic E-state index is 12.6. The minimum atomic E-state index is -4.19. The highest BCUT2D eigenvalue weighted by molar-refractivity contribution is 5.72. The molecule has 1 unspecified atom stereocenters. The maximum absolute atomic E-state index is 12.6. The molecule has 1 fully saturated rings. The summed E-state index contributed by atoms with van der Waals surface area (Å²) in [4.78, 5) is 11.2. The van der Waals surface area contributed by atoms with Gasteiger partial charge in [-0.15, -0.1) is 0 Å². The molecular formula is C12H21F3O2. The van der Waals surface area contributed by atoms with Crippen LogP contribution in [0.1, 0.15) is 47.0 Å². The third-order valence-electron chi connectivity index (χ3n) is 2.84. The number of alkyl halides is 3. The summed E-state index contributed by atoms with van der Waals surface area (Å²) in [7, 11) is 0. The zero-order valence-electron chi connectivity index (χ0n) is 10.9. The van der Waals surface area contributed by atoms with Gasteiger partial charge in [-0.2, -0.15) is 13.2 Å². The Labute approximate surface area is 101 Å². The molecule has 1 rings (SSSR count). The average Bonchev–Trinajstić information content (AvgIpc) is 3.01. The van der Waals surface area contributed by atoms with E-state index in [0.717, 1.165) is 0 Å². The van der Waals surface area contributed by atoms with Gasteiger partial charge in [0.05, 0.1) is 17.9 Å². The molecule has 1 aliphatic rings. The summed E-state index contributed by atoms with van der Waals surface area (Å²) in [5.74, 6) is -1.21. The molecule has 2 nitrogen and oxygen atoms in total. The van der Waals surface area contributed by atoms with E-state index >= 15 is 0 Å². The number of hydrogen-bond acceptors (Lipinski definition) is 2. The second kappa shape index (κ2) is 6.26. The van der Waals surface area contributed by atoms with Gasteiger partial charge in [0.2, 0.25) is 0 Å². The minimum absolute atomic E-state index is 0.139. The Morgan fingerprint density at radius 2 is 1.82 bits per heavy atom. The summed E-state index contributed by atoms with van der Waals surface area (Å²) in [6, 6.07) is 0. The molecule has 0 saturated heterocycles. The second-order valence-electron chi connectivity index (χ2n) is 4.14. The smallest absolute Gasteiger partial charge is 0.394 e. The Morgan fingerprint density at radius 1 is 1.35 bits per heavy atom. The number of hydrogen-bond donors (Lipinski definition) is 0. The Bertz CT molecular complexity index is 245. The standard InChI is InChI=1S/C10H15F3O2.C2H6/c1-3-15-8(14)7(2)6-9(4-5-9)10(11,12)13;1-2/h7H,3-6H2,1-2H3;1-2H3. The van der Waals surface area contributed by atoms with E-state index in [9.17, 15) is 18.0 Å². The SMILES string of the molecule is CC.CCOC(=O)C(C)CC1(C(F)(F)F)CC1. The lowest BCUT2D eigenvalue weighted by Gasteiger charge is -2.21. The van der Waals surface area contributed by atoms with Gasteiger partial charge < -0.3 is 4.74 Å². The topological polar surface area (TPSA) is 26.3 Å². The maximum Gasteiger partial charge on any atom is 0.394 e. The van der Waals surface area contributed by atoms with Crippen molar-refractivity contribution in [2.24, 2.45) is 11.3 Å². The van der Waals surface area contributed by atoms with Crippen LogP contribution in [0.3, 0.4) is 0 Å². The van der Waals surface area contributed by atoms with Gasteiger partial charge >= 0.3 is 12.1 Å². The fourth-order valence-electron chi connectivity index (χ4n) is 1.71. The fourth-order valence-corrected chi connectivity index (χ4v) is 1.71. The van der Waals surface area contributed by atoms with Crippen molar-refractivity contribution in [3.63, 3.8) is 0 Å². The van der Waals surface area contributed by atoms with Crippen LogP contribution in [-0.2, 0) is 9.53 Å². The van der Waals surface area contributed by atoms with Crippen LogP contribution in [0.5, 0.6) is 0 Å². The monoisotopic (exact) mass is 254 g/mol. The van der Waals surface area contributed by atoms with Crippen molar-refractivity contribution in [1.29, 1.82) is 0 Å². The molecule has 0 radical (unpaired) electrons. The van der Waals surface area contributed by atoms with Gasteiger partial charge in [-0.3, -0.25) is 4.79 Å². The fraction of sp³-hybridized carbons (Fsp3) is 0.917. The van der Waals surface area contributed by atoms with Gasteiger partial charge in [-0.1, -0.05) is 20.8 Å². The number of rotatable bonds is 4. The summed E-state index contributed by atoms with van der Waals surface area (Å²) in [6.45, 7) is 7.34. The highest BCUT2D eigenvalue weighted by Crippen LogP contribution is 2.61. The van der Waals surface area contributed by atoms with Crippen LogP contribution in [0, 0.1) is 11.3 Å². The lowest BCUT2D eigenvalue weighted by atomic mass is 9.92. The van der Waals surface area contributed by atoms with Crippen LogP contribution < -0.4 is 0 Å². The molecule has 0 bridgehead atoms. The average molecular weight is 254 g/mol. The van der Waals surface area contributed by atoms with Gasteiger partial charge in [0.15, 0.2) is 0 Å². The van der Waals surface area contributed by atoms with Crippen molar-refractivity contribution < 1.29 is 22.7 Å². The molecule has 1 aliphatic carbocycles. The molecule has 0 spiro atoms. The van der Waals surface area contributed by atoms with Crippen LogP contribution in [0.15, 0.2) is 0 Å². The summed E-state index contributed by atoms with van der Waals surface area (Å²) < 4.78 is 42.3. The van der Waals surface area contributed by atoms with E-state index in [1.54, 1.807) is 6.92 Å². The van der Waals surface area contributed by atoms with Crippen LogP contribution in [0.4, 0.5) is 13.2 Å². The number of ether oxygens (including phenoxy) is 1. The summed E-state index contributed by atoms with van der Waals surface area (Å²) in [6.07, 6.45) is -4.05. The number of esters is 1. The van der Waals surface area contributed by atoms with Gasteiger partial charge in [-0.05, 0) is 26.2 Å². The van der Waals surface area contributed by atoms with E-state index in [-0.39, 0.29) is 25.9 Å². The molecule has 0 aliphatic heterocycles. The molecule has 0 aromatic rings. The molecule has 0 amide bonds. The molecule has 102 valence electrons. The van der Waals surface area contributed by atoms with Crippen molar-refractivity contribution in [3.05, 3.63) is 0 Å². The van der Waals surface area contributed by atoms with E-state index in [4.69, 9.17) is 0 Å². The molecule has 5 heteroatoms. The van der Waals surface area contributed by atoms with Crippen LogP contribution in [0.2, 0.25) is 0 Å². The van der Waals surface area contributed by atoms with E-state index in [1.807, 2.05) is 13.8 Å². The Morgan fingerprint density at radius 3 is 2.12 bits per heavy atom. The van der Waals surface area contributed by atoms with E-state index in [2.05, 4.69) is 4.74 Å². The molecule has 0 aromatic carbocycles. The second-order valence-corrected chi connectivity index (χ2v) is 4.14. The molecule has 17 heavy (non-hydrogen) atoms. The first kappa shape index (κ1) is 16.3. The molecule has 0 N–H and O–H groups in total. The molecule has 1 saturated carbocycles. The third-order valence-corrected chi connectivity index (χ3v) is 2.84. The van der Waals surface area contributed by atoms with Gasteiger partial charge in [0.25, 0.3) is 0 Å². The first-order valence-electron chi connectivity index (χ1n) is 6.06. The highest BCUT2D eigenvalue weighted by atomic mass is 19.4. The lowest BCUT2D eigenvalue weighted by molar-refractivity contribution is -0.193. The summed E-state index contributed by atoms with van der Waals surface area (Å²) in [5, 5.41) is 0. The predicted octanol–water partition coefficient (Wildman–Crippen LogP) is 3.94. The van der Waals surface area contributed by atoms with Crippen molar-refractivity contribution in [3.8, 4) is 0 Å². The summed E-state index contributed by atoms with van der Waals surface area (Å²) >= 11 is 0. The first-order chi connectivity index (χ1) is 7.82. The molecular weight excluding hydrogens is 233 g/mol. The molecule has 0 heterocycles. The third kappa shape index (κ3) is 4.21. The molecule has 1 atom stereocenters. The van der Waals surface area contributed by atoms with Crippen molar-refractivity contribution >= 4 is 5.97 Å². The zero-order chi connectivity index (χ0) is 13.7. The molecule has 0 aromatic heterocycles. The summed E-state index contributed by atoms with van der Waals surface area (Å²) in [5.41, 5.74) is -1.61. The number of carbonyl (C=O) groups is 1. The number of halogens is 3. The Hall–Kier alpha value is -0.740. The minimum Gasteiger partial charge on any atom is -0.466 e. The Balaban J connectivity index is 0.00000121. The van der Waals surface area contributed by atoms with Crippen LogP contribution in [-0.4, -0.2) is 18.8 Å². The normalized spacial score (nSPS) is 18.8. The van der Waals surface area contributed by atoms with E-state index in [1.165, 1.54) is 6.92 Å². The van der Waals surface area contributed by atoms with Crippen LogP contribution >= 0.6 is 0 Å². The first-order valence-corrected chi connectivity index (χ1v) is 6.06. The van der Waals surface area contributed by atoms with Crippen molar-refractivity contribution in [2.75, 3.05) is 6.61 Å². The van der Waals surface area contributed by atoms with Gasteiger partial charge in [0, 0.05) is 0 Å². The van der Waals surface area contributed by atoms with Gasteiger partial charge in [-0.25, -0.2) is 0 Å². The van der Waals surface area contributed by atoms with Crippen molar-refractivity contribution in [2.45, 2.75) is 53.1 Å². The predicted molar refractivity (Wildman–Crippen MR) is 59.5 cm³/mol. The van der Waals surface area contributed by atoms with E-state index in [0.29, 0.717) is 0 Å². The zero-order valence-corrected chi connectivity index (χ0v) is 10.9. The van der Waals surface area contributed by atoms with E-state index < -0.39 is 23.5 Å². The highest BCUT2D eigenvalue weighted by Gasteiger charge is 2.63. The number of carbonyl (C=O) groups excluding carboxylic acids is 1.